The predicted octanol–water partition coefficient (Wildman–Crippen LogP) is 5.21. The van der Waals surface area contributed by atoms with Crippen molar-refractivity contribution in [2.75, 3.05) is 18.6 Å². The number of amides is 1. The van der Waals surface area contributed by atoms with Gasteiger partial charge in [0, 0.05) is 11.3 Å². The molecule has 1 aromatic heterocycles. The van der Waals surface area contributed by atoms with Gasteiger partial charge >= 0.3 is 5.97 Å². The minimum absolute atomic E-state index is 0.0918. The summed E-state index contributed by atoms with van der Waals surface area (Å²) < 4.78 is 16.0. The lowest BCUT2D eigenvalue weighted by Gasteiger charge is -2.23. The lowest BCUT2D eigenvalue weighted by molar-refractivity contribution is -0.132. The molecule has 1 unspecified atom stereocenters. The number of hydrogen-bond donors (Lipinski definition) is 1. The lowest BCUT2D eigenvalue weighted by atomic mass is 9.95. The number of furan rings is 1. The van der Waals surface area contributed by atoms with Gasteiger partial charge in [0.05, 0.1) is 31.1 Å². The van der Waals surface area contributed by atoms with Gasteiger partial charge in [-0.1, -0.05) is 13.8 Å². The van der Waals surface area contributed by atoms with Crippen LogP contribution in [0.15, 0.2) is 70.9 Å². The number of rotatable bonds is 7. The SMILES string of the molecule is CCOc1ccc(/C(O)=C2/C(=O)C(=O)N(c3ccc(C(=O)OC)cc3)C2c2ccco2)cc1C(C)C. The van der Waals surface area contributed by atoms with Gasteiger partial charge < -0.3 is 19.0 Å². The average Bonchev–Trinajstić information content (AvgIpc) is 3.50. The monoisotopic (exact) mass is 489 g/mol. The summed E-state index contributed by atoms with van der Waals surface area (Å²) >= 11 is 0. The Balaban J connectivity index is 1.85. The van der Waals surface area contributed by atoms with E-state index in [1.807, 2.05) is 20.8 Å². The van der Waals surface area contributed by atoms with Crippen molar-refractivity contribution in [3.63, 3.8) is 0 Å². The minimum atomic E-state index is -1.00. The third kappa shape index (κ3) is 4.37. The van der Waals surface area contributed by atoms with Crippen molar-refractivity contribution in [2.24, 2.45) is 0 Å². The third-order valence-corrected chi connectivity index (χ3v) is 6.03. The van der Waals surface area contributed by atoms with Crippen LogP contribution in [0.4, 0.5) is 5.69 Å². The zero-order chi connectivity index (χ0) is 26.0. The molecule has 1 atom stereocenters. The number of benzene rings is 2. The molecule has 1 fully saturated rings. The van der Waals surface area contributed by atoms with Crippen molar-refractivity contribution in [3.05, 3.63) is 88.9 Å². The average molecular weight is 490 g/mol. The summed E-state index contributed by atoms with van der Waals surface area (Å²) in [6.07, 6.45) is 1.43. The van der Waals surface area contributed by atoms with E-state index in [4.69, 9.17) is 13.9 Å². The molecule has 1 saturated heterocycles. The van der Waals surface area contributed by atoms with Crippen LogP contribution in [-0.2, 0) is 14.3 Å². The van der Waals surface area contributed by atoms with Gasteiger partial charge in [-0.2, -0.15) is 0 Å². The molecule has 0 bridgehead atoms. The van der Waals surface area contributed by atoms with Crippen LogP contribution in [0, 0.1) is 0 Å². The number of anilines is 1. The maximum atomic E-state index is 13.3. The molecule has 3 aromatic rings. The van der Waals surface area contributed by atoms with Gasteiger partial charge in [-0.15, -0.1) is 0 Å². The van der Waals surface area contributed by atoms with Gasteiger partial charge in [0.2, 0.25) is 0 Å². The standard InChI is InChI=1S/C28H27NO7/c1-5-35-21-13-10-18(15-20(21)16(2)3)25(30)23-24(22-7-6-14-36-22)29(27(32)26(23)31)19-11-8-17(9-12-19)28(33)34-4/h6-16,24,30H,5H2,1-4H3/b25-23-. The summed E-state index contributed by atoms with van der Waals surface area (Å²) in [5.41, 5.74) is 1.81. The fourth-order valence-corrected chi connectivity index (χ4v) is 4.28. The molecule has 1 aliphatic rings. The van der Waals surface area contributed by atoms with Gasteiger partial charge in [0.25, 0.3) is 11.7 Å². The van der Waals surface area contributed by atoms with Crippen molar-refractivity contribution in [1.29, 1.82) is 0 Å². The van der Waals surface area contributed by atoms with E-state index < -0.39 is 23.7 Å². The second-order valence-corrected chi connectivity index (χ2v) is 8.56. The van der Waals surface area contributed by atoms with Crippen LogP contribution < -0.4 is 9.64 Å². The maximum absolute atomic E-state index is 13.3. The Hall–Kier alpha value is -4.33. The lowest BCUT2D eigenvalue weighted by Crippen LogP contribution is -2.29. The van der Waals surface area contributed by atoms with Crippen molar-refractivity contribution in [1.82, 2.24) is 0 Å². The Morgan fingerprint density at radius 2 is 1.78 bits per heavy atom. The molecule has 2 heterocycles. The molecule has 2 aromatic carbocycles. The summed E-state index contributed by atoms with van der Waals surface area (Å²) in [5.74, 6) is -1.41. The number of aliphatic hydroxyl groups is 1. The Morgan fingerprint density at radius 1 is 1.08 bits per heavy atom. The van der Waals surface area contributed by atoms with E-state index in [9.17, 15) is 19.5 Å². The predicted molar refractivity (Wildman–Crippen MR) is 133 cm³/mol. The van der Waals surface area contributed by atoms with E-state index in [0.717, 1.165) is 5.56 Å². The number of ether oxygens (including phenoxy) is 2. The van der Waals surface area contributed by atoms with Crippen LogP contribution in [0.5, 0.6) is 5.75 Å². The molecule has 0 saturated carbocycles. The fourth-order valence-electron chi connectivity index (χ4n) is 4.28. The number of nitrogens with zero attached hydrogens (tertiary/aromatic N) is 1. The molecule has 1 N–H and O–H groups in total. The zero-order valence-corrected chi connectivity index (χ0v) is 20.5. The molecule has 36 heavy (non-hydrogen) atoms. The molecule has 0 radical (unpaired) electrons. The van der Waals surface area contributed by atoms with E-state index in [1.54, 1.807) is 42.5 Å². The first-order valence-electron chi connectivity index (χ1n) is 11.6. The maximum Gasteiger partial charge on any atom is 0.337 e. The number of ketones is 1. The smallest absolute Gasteiger partial charge is 0.337 e. The van der Waals surface area contributed by atoms with Crippen LogP contribution in [0.1, 0.15) is 60.0 Å². The van der Waals surface area contributed by atoms with Crippen molar-refractivity contribution in [3.8, 4) is 5.75 Å². The molecule has 0 spiro atoms. The van der Waals surface area contributed by atoms with Crippen LogP contribution in [-0.4, -0.2) is 36.5 Å². The molecular formula is C28H27NO7. The van der Waals surface area contributed by atoms with Gasteiger partial charge in [-0.25, -0.2) is 4.79 Å². The largest absolute Gasteiger partial charge is 0.507 e. The molecule has 8 nitrogen and oxygen atoms in total. The van der Waals surface area contributed by atoms with Gasteiger partial charge in [0.1, 0.15) is 23.3 Å². The van der Waals surface area contributed by atoms with Crippen molar-refractivity contribution < 1.29 is 33.4 Å². The second-order valence-electron chi connectivity index (χ2n) is 8.56. The molecule has 4 rings (SSSR count). The molecular weight excluding hydrogens is 462 g/mol. The topological polar surface area (TPSA) is 106 Å². The summed E-state index contributed by atoms with van der Waals surface area (Å²) in [6, 6.07) is 13.5. The van der Waals surface area contributed by atoms with Gasteiger partial charge in [-0.05, 0) is 73.0 Å². The summed E-state index contributed by atoms with van der Waals surface area (Å²) in [6.45, 7) is 6.38. The van der Waals surface area contributed by atoms with Crippen LogP contribution >= 0.6 is 0 Å². The normalized spacial score (nSPS) is 17.0. The number of esters is 1. The van der Waals surface area contributed by atoms with E-state index in [1.165, 1.54) is 30.4 Å². The van der Waals surface area contributed by atoms with Crippen LogP contribution in [0.25, 0.3) is 5.76 Å². The first kappa shape index (κ1) is 24.8. The Bertz CT molecular complexity index is 1320. The Kier molecular flexibility index (Phi) is 6.96. The highest BCUT2D eigenvalue weighted by molar-refractivity contribution is 6.51. The first-order valence-corrected chi connectivity index (χ1v) is 11.6. The number of methoxy groups -OCH3 is 1. The van der Waals surface area contributed by atoms with Crippen LogP contribution in [0.3, 0.4) is 0 Å². The Labute approximate surface area is 208 Å². The highest BCUT2D eigenvalue weighted by Crippen LogP contribution is 2.43. The number of carbonyl (C=O) groups excluding carboxylic acids is 3. The molecule has 186 valence electrons. The first-order chi connectivity index (χ1) is 17.3. The quantitative estimate of drug-likeness (QED) is 0.210. The fraction of sp³-hybridized carbons (Fsp3) is 0.250. The highest BCUT2D eigenvalue weighted by atomic mass is 16.5. The van der Waals surface area contributed by atoms with E-state index >= 15 is 0 Å². The minimum Gasteiger partial charge on any atom is -0.507 e. The molecule has 1 aliphatic heterocycles. The number of hydrogen-bond acceptors (Lipinski definition) is 7. The second kappa shape index (κ2) is 10.1. The van der Waals surface area contributed by atoms with E-state index in [-0.39, 0.29) is 17.3 Å². The summed E-state index contributed by atoms with van der Waals surface area (Å²) in [4.78, 5) is 39.6. The van der Waals surface area contributed by atoms with Gasteiger partial charge in [-0.3, -0.25) is 14.5 Å². The third-order valence-electron chi connectivity index (χ3n) is 6.03. The number of carbonyl (C=O) groups is 3. The zero-order valence-electron chi connectivity index (χ0n) is 20.5. The van der Waals surface area contributed by atoms with Crippen LogP contribution in [0.2, 0.25) is 0 Å². The van der Waals surface area contributed by atoms with Gasteiger partial charge in [0.15, 0.2) is 0 Å². The Morgan fingerprint density at radius 3 is 2.36 bits per heavy atom. The molecule has 1 amide bonds. The highest BCUT2D eigenvalue weighted by Gasteiger charge is 2.48. The summed E-state index contributed by atoms with van der Waals surface area (Å²) in [5, 5.41) is 11.4. The molecule has 8 heteroatoms. The summed E-state index contributed by atoms with van der Waals surface area (Å²) in [7, 11) is 1.28. The number of Topliss-reactive ketones (excluding diaryl/α,β-unsaturated/α-hetero) is 1. The van der Waals surface area contributed by atoms with E-state index in [0.29, 0.717) is 34.9 Å². The number of aliphatic hydroxyl groups excluding tert-OH is 1. The van der Waals surface area contributed by atoms with Crippen molar-refractivity contribution >= 4 is 29.1 Å². The van der Waals surface area contributed by atoms with Crippen molar-refractivity contribution in [2.45, 2.75) is 32.7 Å². The molecule has 0 aliphatic carbocycles. The van der Waals surface area contributed by atoms with E-state index in [2.05, 4.69) is 0 Å².